The van der Waals surface area contributed by atoms with Gasteiger partial charge in [-0.2, -0.15) is 0 Å². The fraction of sp³-hybridized carbons (Fsp3) is 0.833. The third kappa shape index (κ3) is 4.27. The zero-order valence-corrected chi connectivity index (χ0v) is 10.8. The van der Waals surface area contributed by atoms with E-state index in [2.05, 4.69) is 10.1 Å². The summed E-state index contributed by atoms with van der Waals surface area (Å²) < 4.78 is 10.2. The van der Waals surface area contributed by atoms with Crippen molar-refractivity contribution >= 4 is 11.9 Å². The zero-order valence-electron chi connectivity index (χ0n) is 10.8. The van der Waals surface area contributed by atoms with Gasteiger partial charge in [-0.25, -0.2) is 0 Å². The molecule has 104 valence electrons. The number of ether oxygens (including phenoxy) is 2. The topological polar surface area (TPSA) is 84.9 Å². The number of aliphatic hydroxyl groups is 1. The van der Waals surface area contributed by atoms with Crippen molar-refractivity contribution in [3.05, 3.63) is 0 Å². The van der Waals surface area contributed by atoms with E-state index < -0.39 is 6.10 Å². The molecule has 0 aromatic carbocycles. The minimum absolute atomic E-state index is 0.0616. The molecule has 1 saturated heterocycles. The largest absolute Gasteiger partial charge is 0.469 e. The third-order valence-corrected chi connectivity index (χ3v) is 3.09. The second-order valence-electron chi connectivity index (χ2n) is 4.36. The van der Waals surface area contributed by atoms with Crippen LogP contribution in [0.1, 0.15) is 32.6 Å². The lowest BCUT2D eigenvalue weighted by Crippen LogP contribution is -2.51. The maximum absolute atomic E-state index is 11.3. The number of hydrogen-bond acceptors (Lipinski definition) is 5. The van der Waals surface area contributed by atoms with Gasteiger partial charge >= 0.3 is 5.97 Å². The Bertz CT molecular complexity index is 294. The van der Waals surface area contributed by atoms with Gasteiger partial charge in [-0.3, -0.25) is 9.59 Å². The van der Waals surface area contributed by atoms with Crippen LogP contribution < -0.4 is 5.32 Å². The molecule has 0 unspecified atom stereocenters. The Balaban J connectivity index is 2.48. The molecule has 0 aliphatic carbocycles. The third-order valence-electron chi connectivity index (χ3n) is 3.09. The van der Waals surface area contributed by atoms with Gasteiger partial charge < -0.3 is 19.9 Å². The molecule has 1 fully saturated rings. The predicted octanol–water partition coefficient (Wildman–Crippen LogP) is -0.0158. The van der Waals surface area contributed by atoms with Crippen molar-refractivity contribution < 1.29 is 24.2 Å². The molecule has 1 amide bonds. The van der Waals surface area contributed by atoms with Gasteiger partial charge in [0.25, 0.3) is 0 Å². The molecule has 0 radical (unpaired) electrons. The van der Waals surface area contributed by atoms with Crippen LogP contribution in [-0.2, 0) is 19.1 Å². The predicted molar refractivity (Wildman–Crippen MR) is 63.8 cm³/mol. The first-order chi connectivity index (χ1) is 8.60. The molecular formula is C12H21NO5. The van der Waals surface area contributed by atoms with Crippen LogP contribution in [0.5, 0.6) is 0 Å². The fourth-order valence-electron chi connectivity index (χ4n) is 2.03. The number of hydrogen-bond donors (Lipinski definition) is 2. The number of carbonyl (C=O) groups excluding carboxylic acids is 2. The van der Waals surface area contributed by atoms with Gasteiger partial charge in [0.05, 0.1) is 32.3 Å². The lowest BCUT2D eigenvalue weighted by molar-refractivity contribution is -0.150. The number of carbonyl (C=O) groups is 2. The molecule has 1 heterocycles. The molecule has 6 nitrogen and oxygen atoms in total. The molecule has 3 atom stereocenters. The summed E-state index contributed by atoms with van der Waals surface area (Å²) in [5.41, 5.74) is 0. The second-order valence-corrected chi connectivity index (χ2v) is 4.36. The zero-order chi connectivity index (χ0) is 13.5. The molecular weight excluding hydrogens is 238 g/mol. The number of methoxy groups -OCH3 is 1. The van der Waals surface area contributed by atoms with Gasteiger partial charge in [0.15, 0.2) is 0 Å². The van der Waals surface area contributed by atoms with Gasteiger partial charge in [-0.15, -0.1) is 0 Å². The Morgan fingerprint density at radius 1 is 1.44 bits per heavy atom. The Morgan fingerprint density at radius 3 is 2.72 bits per heavy atom. The SMILES string of the molecule is CCC(=O)N[C@H]1CC[C@H](CC(=O)OC)O[C@H]1CO. The number of nitrogens with one attached hydrogen (secondary N) is 1. The highest BCUT2D eigenvalue weighted by molar-refractivity contribution is 5.75. The number of amides is 1. The van der Waals surface area contributed by atoms with E-state index in [0.29, 0.717) is 19.3 Å². The van der Waals surface area contributed by atoms with Crippen molar-refractivity contribution in [3.63, 3.8) is 0 Å². The summed E-state index contributed by atoms with van der Waals surface area (Å²) in [4.78, 5) is 22.5. The van der Waals surface area contributed by atoms with Crippen LogP contribution in [0.2, 0.25) is 0 Å². The molecule has 6 heteroatoms. The summed E-state index contributed by atoms with van der Waals surface area (Å²) in [6.45, 7) is 1.60. The molecule has 0 bridgehead atoms. The van der Waals surface area contributed by atoms with E-state index in [9.17, 15) is 14.7 Å². The van der Waals surface area contributed by atoms with E-state index in [1.165, 1.54) is 7.11 Å². The lowest BCUT2D eigenvalue weighted by atomic mass is 9.97. The molecule has 1 rings (SSSR count). The highest BCUT2D eigenvalue weighted by Crippen LogP contribution is 2.22. The van der Waals surface area contributed by atoms with Gasteiger partial charge in [-0.05, 0) is 12.8 Å². The Kier molecular flexibility index (Phi) is 6.07. The van der Waals surface area contributed by atoms with E-state index in [4.69, 9.17) is 4.74 Å². The average Bonchev–Trinajstić information content (AvgIpc) is 2.39. The summed E-state index contributed by atoms with van der Waals surface area (Å²) >= 11 is 0. The Labute approximate surface area is 107 Å². The Morgan fingerprint density at radius 2 is 2.17 bits per heavy atom. The summed E-state index contributed by atoms with van der Waals surface area (Å²) in [6.07, 6.45) is 1.24. The van der Waals surface area contributed by atoms with Gasteiger partial charge in [0.1, 0.15) is 6.10 Å². The van der Waals surface area contributed by atoms with Crippen LogP contribution in [0.4, 0.5) is 0 Å². The highest BCUT2D eigenvalue weighted by atomic mass is 16.5. The lowest BCUT2D eigenvalue weighted by Gasteiger charge is -2.35. The van der Waals surface area contributed by atoms with Crippen LogP contribution >= 0.6 is 0 Å². The molecule has 1 aliphatic rings. The smallest absolute Gasteiger partial charge is 0.308 e. The van der Waals surface area contributed by atoms with E-state index in [1.54, 1.807) is 6.92 Å². The van der Waals surface area contributed by atoms with Crippen LogP contribution in [0.15, 0.2) is 0 Å². The summed E-state index contributed by atoms with van der Waals surface area (Å²) in [7, 11) is 1.33. The molecule has 0 saturated carbocycles. The summed E-state index contributed by atoms with van der Waals surface area (Å²) in [5.74, 6) is -0.388. The second kappa shape index (κ2) is 7.33. The Hall–Kier alpha value is -1.14. The summed E-state index contributed by atoms with van der Waals surface area (Å²) in [5, 5.41) is 12.1. The molecule has 0 aromatic rings. The molecule has 0 spiro atoms. The van der Waals surface area contributed by atoms with Gasteiger partial charge in [-0.1, -0.05) is 6.92 Å². The normalized spacial score (nSPS) is 27.6. The van der Waals surface area contributed by atoms with Crippen LogP contribution in [0, 0.1) is 0 Å². The van der Waals surface area contributed by atoms with Crippen LogP contribution in [-0.4, -0.2) is 48.9 Å². The minimum Gasteiger partial charge on any atom is -0.469 e. The van der Waals surface area contributed by atoms with E-state index >= 15 is 0 Å². The fourth-order valence-corrected chi connectivity index (χ4v) is 2.03. The molecule has 1 aliphatic heterocycles. The maximum Gasteiger partial charge on any atom is 0.308 e. The molecule has 2 N–H and O–H groups in total. The number of esters is 1. The first-order valence-corrected chi connectivity index (χ1v) is 6.23. The summed E-state index contributed by atoms with van der Waals surface area (Å²) in [6, 6.07) is -0.184. The van der Waals surface area contributed by atoms with Crippen molar-refractivity contribution in [2.75, 3.05) is 13.7 Å². The van der Waals surface area contributed by atoms with Crippen LogP contribution in [0.25, 0.3) is 0 Å². The standard InChI is InChI=1S/C12H21NO5/c1-3-11(15)13-9-5-4-8(6-12(16)17-2)18-10(9)7-14/h8-10,14H,3-7H2,1-2H3,(H,13,15)/t8-,9+,10+/m1/s1. The van der Waals surface area contributed by atoms with Crippen molar-refractivity contribution in [2.45, 2.75) is 50.9 Å². The number of rotatable bonds is 5. The average molecular weight is 259 g/mol. The molecule has 18 heavy (non-hydrogen) atoms. The minimum atomic E-state index is -0.455. The highest BCUT2D eigenvalue weighted by Gasteiger charge is 2.32. The van der Waals surface area contributed by atoms with E-state index in [0.717, 1.165) is 0 Å². The van der Waals surface area contributed by atoms with E-state index in [1.807, 2.05) is 0 Å². The van der Waals surface area contributed by atoms with Gasteiger partial charge in [0.2, 0.25) is 5.91 Å². The molecule has 0 aromatic heterocycles. The first-order valence-electron chi connectivity index (χ1n) is 6.23. The van der Waals surface area contributed by atoms with Crippen molar-refractivity contribution in [1.82, 2.24) is 5.32 Å². The van der Waals surface area contributed by atoms with E-state index in [-0.39, 0.29) is 37.0 Å². The van der Waals surface area contributed by atoms with Crippen molar-refractivity contribution in [1.29, 1.82) is 0 Å². The van der Waals surface area contributed by atoms with Crippen molar-refractivity contribution in [3.8, 4) is 0 Å². The monoisotopic (exact) mass is 259 g/mol. The first kappa shape index (κ1) is 14.9. The van der Waals surface area contributed by atoms with Gasteiger partial charge in [0, 0.05) is 6.42 Å². The quantitative estimate of drug-likeness (QED) is 0.678. The maximum atomic E-state index is 11.3. The van der Waals surface area contributed by atoms with Crippen LogP contribution in [0.3, 0.4) is 0 Å². The van der Waals surface area contributed by atoms with Crippen molar-refractivity contribution in [2.24, 2.45) is 0 Å². The number of aliphatic hydroxyl groups excluding tert-OH is 1.